The summed E-state index contributed by atoms with van der Waals surface area (Å²) >= 11 is 0. The summed E-state index contributed by atoms with van der Waals surface area (Å²) in [5, 5.41) is 11.8. The predicted molar refractivity (Wildman–Crippen MR) is 306 cm³/mol. The Labute approximate surface area is 451 Å². The molecule has 0 rings (SSSR count). The van der Waals surface area contributed by atoms with E-state index in [0.29, 0.717) is 23.9 Å². The SMILES string of the molecule is CCCCCCC/C=C\C/C=C\C/C=C\CCCCCCCCCCCCCCCCCCC(=O)OC(COC(=O)CCCCCCCCCCCCCCCCCCC)COC(OCC[N+](C)(C)C)C(=O)[O-]. The van der Waals surface area contributed by atoms with Crippen LogP contribution in [0.3, 0.4) is 0 Å². The van der Waals surface area contributed by atoms with Crippen LogP contribution in [0.25, 0.3) is 0 Å². The van der Waals surface area contributed by atoms with Crippen LogP contribution >= 0.6 is 0 Å². The van der Waals surface area contributed by atoms with Crippen molar-refractivity contribution >= 4 is 17.9 Å². The van der Waals surface area contributed by atoms with Gasteiger partial charge < -0.3 is 33.3 Å². The standard InChI is InChI=1S/C64H119NO8/c1-6-8-10-12-14-16-18-20-22-24-25-26-27-28-29-30-31-32-33-34-35-36-37-39-41-43-45-47-49-51-53-55-62(67)73-60(59-72-64(63(68)69)70-57-56-65(3,4)5)58-71-61(66)54-52-50-48-46-44-42-40-38-23-21-19-17-15-13-11-9-7-2/h18,20,24-25,27-28,60,64H,6-17,19,21-23,26,29-59H2,1-5H3/b20-18-,25-24-,28-27-. The molecule has 0 aromatic heterocycles. The normalized spacial score (nSPS) is 12.9. The summed E-state index contributed by atoms with van der Waals surface area (Å²) in [4.78, 5) is 37.3. The Bertz CT molecular complexity index is 1290. The molecule has 0 aliphatic rings. The second kappa shape index (κ2) is 55.7. The van der Waals surface area contributed by atoms with Crippen molar-refractivity contribution in [2.24, 2.45) is 0 Å². The van der Waals surface area contributed by atoms with Crippen LogP contribution in [0, 0.1) is 0 Å². The van der Waals surface area contributed by atoms with Crippen molar-refractivity contribution in [1.29, 1.82) is 0 Å². The number of hydrogen-bond acceptors (Lipinski definition) is 8. The van der Waals surface area contributed by atoms with E-state index in [4.69, 9.17) is 18.9 Å². The number of ether oxygens (including phenoxy) is 4. The second-order valence-electron chi connectivity index (χ2n) is 22.4. The Hall–Kier alpha value is -2.49. The van der Waals surface area contributed by atoms with Gasteiger partial charge in [-0.25, -0.2) is 0 Å². The lowest BCUT2D eigenvalue weighted by Crippen LogP contribution is -2.44. The molecular formula is C64H119NO8. The molecule has 9 heteroatoms. The van der Waals surface area contributed by atoms with Gasteiger partial charge in [0.25, 0.3) is 0 Å². The lowest BCUT2D eigenvalue weighted by atomic mass is 10.0. The van der Waals surface area contributed by atoms with Gasteiger partial charge in [-0.3, -0.25) is 9.59 Å². The average molecular weight is 1030 g/mol. The number of rotatable bonds is 58. The van der Waals surface area contributed by atoms with Crippen LogP contribution in [-0.4, -0.2) is 82.3 Å². The van der Waals surface area contributed by atoms with Gasteiger partial charge in [0.1, 0.15) is 13.2 Å². The van der Waals surface area contributed by atoms with Crippen LogP contribution < -0.4 is 5.11 Å². The van der Waals surface area contributed by atoms with Crippen LogP contribution in [0.4, 0.5) is 0 Å². The van der Waals surface area contributed by atoms with Crippen molar-refractivity contribution in [3.63, 3.8) is 0 Å². The van der Waals surface area contributed by atoms with Gasteiger partial charge in [-0.15, -0.1) is 0 Å². The number of esters is 2. The van der Waals surface area contributed by atoms with Crippen molar-refractivity contribution < 1.29 is 42.9 Å². The van der Waals surface area contributed by atoms with Gasteiger partial charge in [0.15, 0.2) is 12.4 Å². The van der Waals surface area contributed by atoms with Gasteiger partial charge in [-0.1, -0.05) is 269 Å². The first-order chi connectivity index (χ1) is 35.6. The smallest absolute Gasteiger partial charge is 0.306 e. The third-order valence-corrected chi connectivity index (χ3v) is 13.9. The largest absolute Gasteiger partial charge is 0.545 e. The van der Waals surface area contributed by atoms with Crippen molar-refractivity contribution in [2.45, 2.75) is 309 Å². The Morgan fingerprint density at radius 2 is 0.740 bits per heavy atom. The van der Waals surface area contributed by atoms with E-state index in [9.17, 15) is 19.5 Å². The number of quaternary nitrogens is 1. The number of carboxylic acids is 1. The van der Waals surface area contributed by atoms with Gasteiger partial charge in [0, 0.05) is 12.8 Å². The fourth-order valence-electron chi connectivity index (χ4n) is 9.08. The molecule has 0 fully saturated rings. The van der Waals surface area contributed by atoms with E-state index in [1.807, 2.05) is 21.1 Å². The Balaban J connectivity index is 4.12. The molecule has 9 nitrogen and oxygen atoms in total. The monoisotopic (exact) mass is 1030 g/mol. The van der Waals surface area contributed by atoms with E-state index in [-0.39, 0.29) is 32.2 Å². The summed E-state index contributed by atoms with van der Waals surface area (Å²) in [6.45, 7) is 4.78. The van der Waals surface area contributed by atoms with E-state index in [1.54, 1.807) is 0 Å². The lowest BCUT2D eigenvalue weighted by molar-refractivity contribution is -0.870. The van der Waals surface area contributed by atoms with Crippen LogP contribution in [0.2, 0.25) is 0 Å². The Kier molecular flexibility index (Phi) is 53.8. The first-order valence-electron chi connectivity index (χ1n) is 31.1. The highest BCUT2D eigenvalue weighted by atomic mass is 16.7. The van der Waals surface area contributed by atoms with E-state index in [0.717, 1.165) is 44.9 Å². The molecule has 0 N–H and O–H groups in total. The van der Waals surface area contributed by atoms with Crippen LogP contribution in [0.15, 0.2) is 36.5 Å². The molecule has 0 aliphatic heterocycles. The number of aliphatic carboxylic acids is 1. The highest BCUT2D eigenvalue weighted by Crippen LogP contribution is 2.17. The molecule has 0 heterocycles. The fraction of sp³-hybridized carbons (Fsp3) is 0.859. The number of carbonyl (C=O) groups is 3. The lowest BCUT2D eigenvalue weighted by Gasteiger charge is -2.26. The quantitative estimate of drug-likeness (QED) is 0.0195. The summed E-state index contributed by atoms with van der Waals surface area (Å²) in [6.07, 6.45) is 64.9. The maximum Gasteiger partial charge on any atom is 0.306 e. The first kappa shape index (κ1) is 70.5. The van der Waals surface area contributed by atoms with Gasteiger partial charge in [0.05, 0.1) is 40.3 Å². The van der Waals surface area contributed by atoms with Crippen molar-refractivity contribution in [3.05, 3.63) is 36.5 Å². The molecule has 0 aromatic carbocycles. The van der Waals surface area contributed by atoms with Crippen molar-refractivity contribution in [3.8, 4) is 0 Å². The van der Waals surface area contributed by atoms with E-state index in [2.05, 4.69) is 50.3 Å². The molecule has 73 heavy (non-hydrogen) atoms. The molecule has 0 radical (unpaired) electrons. The van der Waals surface area contributed by atoms with E-state index >= 15 is 0 Å². The summed E-state index contributed by atoms with van der Waals surface area (Å²) in [5.74, 6) is -2.26. The van der Waals surface area contributed by atoms with Crippen LogP contribution in [0.1, 0.15) is 296 Å². The topological polar surface area (TPSA) is 111 Å². The van der Waals surface area contributed by atoms with Crippen LogP contribution in [-0.2, 0) is 33.3 Å². The van der Waals surface area contributed by atoms with Crippen molar-refractivity contribution in [2.75, 3.05) is 47.5 Å². The number of allylic oxidation sites excluding steroid dienone is 6. The highest BCUT2D eigenvalue weighted by Gasteiger charge is 2.22. The van der Waals surface area contributed by atoms with E-state index < -0.39 is 24.3 Å². The maximum absolute atomic E-state index is 12.9. The average Bonchev–Trinajstić information content (AvgIpc) is 3.36. The molecule has 2 unspecified atom stereocenters. The zero-order valence-electron chi connectivity index (χ0n) is 48.8. The minimum atomic E-state index is -1.62. The Morgan fingerprint density at radius 3 is 1.10 bits per heavy atom. The maximum atomic E-state index is 12.9. The summed E-state index contributed by atoms with van der Waals surface area (Å²) in [5.41, 5.74) is 0. The first-order valence-corrected chi connectivity index (χ1v) is 31.1. The molecule has 0 spiro atoms. The number of nitrogens with zero attached hydrogens (tertiary/aromatic N) is 1. The number of likely N-dealkylation sites (N-methyl/N-ethyl adjacent to an activating group) is 1. The summed E-state index contributed by atoms with van der Waals surface area (Å²) in [7, 11) is 5.93. The molecule has 0 saturated carbocycles. The zero-order valence-corrected chi connectivity index (χ0v) is 48.8. The predicted octanol–water partition coefficient (Wildman–Crippen LogP) is 17.1. The molecule has 2 atom stereocenters. The third-order valence-electron chi connectivity index (χ3n) is 13.9. The molecule has 0 bridgehead atoms. The summed E-state index contributed by atoms with van der Waals surface area (Å²) in [6, 6.07) is 0. The molecule has 0 amide bonds. The van der Waals surface area contributed by atoms with Crippen molar-refractivity contribution in [1.82, 2.24) is 0 Å². The van der Waals surface area contributed by atoms with Crippen LogP contribution in [0.5, 0.6) is 0 Å². The molecular weight excluding hydrogens is 911 g/mol. The highest BCUT2D eigenvalue weighted by molar-refractivity contribution is 5.70. The van der Waals surface area contributed by atoms with Gasteiger partial charge >= 0.3 is 11.9 Å². The zero-order chi connectivity index (χ0) is 53.4. The molecule has 428 valence electrons. The Morgan fingerprint density at radius 1 is 0.411 bits per heavy atom. The summed E-state index contributed by atoms with van der Waals surface area (Å²) < 4.78 is 22.7. The number of hydrogen-bond donors (Lipinski definition) is 0. The minimum Gasteiger partial charge on any atom is -0.545 e. The van der Waals surface area contributed by atoms with E-state index in [1.165, 1.54) is 218 Å². The fourth-order valence-corrected chi connectivity index (χ4v) is 9.08. The molecule has 0 saturated heterocycles. The molecule has 0 aliphatic carbocycles. The van der Waals surface area contributed by atoms with Gasteiger partial charge in [0.2, 0.25) is 0 Å². The number of carboxylic acid groups (broad SMARTS) is 1. The second-order valence-corrected chi connectivity index (χ2v) is 22.4. The number of unbranched alkanes of at least 4 members (excludes halogenated alkanes) is 37. The third kappa shape index (κ3) is 57.1. The molecule has 0 aromatic rings. The van der Waals surface area contributed by atoms with Gasteiger partial charge in [-0.05, 0) is 51.4 Å². The minimum absolute atomic E-state index is 0.150. The number of carbonyl (C=O) groups excluding carboxylic acids is 3. The van der Waals surface area contributed by atoms with Gasteiger partial charge in [-0.2, -0.15) is 0 Å².